The highest BCUT2D eigenvalue weighted by molar-refractivity contribution is 5.78. The zero-order valence-electron chi connectivity index (χ0n) is 11.4. The lowest BCUT2D eigenvalue weighted by Crippen LogP contribution is -2.41. The molecule has 0 spiro atoms. The number of hydrogen-bond acceptors (Lipinski definition) is 4. The van der Waals surface area contributed by atoms with Crippen LogP contribution in [0.4, 0.5) is 0 Å². The summed E-state index contributed by atoms with van der Waals surface area (Å²) in [5.41, 5.74) is 5.73. The molecule has 1 atom stereocenters. The quantitative estimate of drug-likeness (QED) is 0.424. The minimum absolute atomic E-state index is 0.176. The Morgan fingerprint density at radius 2 is 2.06 bits per heavy atom. The Labute approximate surface area is 104 Å². The van der Waals surface area contributed by atoms with E-state index < -0.39 is 0 Å². The van der Waals surface area contributed by atoms with Crippen LogP contribution in [0, 0.1) is 0 Å². The van der Waals surface area contributed by atoms with Crippen LogP contribution in [0.15, 0.2) is 4.99 Å². The number of guanidine groups is 1. The fraction of sp³-hybridized carbons (Fsp3) is 0.909. The normalized spacial score (nSPS) is 14.1. The molecule has 0 aliphatic heterocycles. The van der Waals surface area contributed by atoms with Gasteiger partial charge in [0.15, 0.2) is 5.96 Å². The Kier molecular flexibility index (Phi) is 9.80. The molecule has 0 saturated carbocycles. The van der Waals surface area contributed by atoms with Gasteiger partial charge in [0, 0.05) is 33.4 Å². The number of methoxy groups -OCH3 is 2. The molecule has 0 aliphatic rings. The second-order valence-electron chi connectivity index (χ2n) is 4.06. The third-order valence-electron chi connectivity index (χ3n) is 2.25. The molecule has 0 rings (SSSR count). The zero-order valence-corrected chi connectivity index (χ0v) is 11.4. The molecule has 0 aliphatic carbocycles. The lowest BCUT2D eigenvalue weighted by atomic mass is 10.4. The number of nitrogens with zero attached hydrogens (tertiary/aromatic N) is 2. The number of aliphatic imine (C=N–C) groups is 1. The van der Waals surface area contributed by atoms with Crippen LogP contribution in [0.3, 0.4) is 0 Å². The highest BCUT2D eigenvalue weighted by atomic mass is 16.5. The van der Waals surface area contributed by atoms with Gasteiger partial charge in [-0.1, -0.05) is 0 Å². The first kappa shape index (κ1) is 16.1. The van der Waals surface area contributed by atoms with Gasteiger partial charge in [0.05, 0.1) is 19.8 Å². The first-order valence-corrected chi connectivity index (χ1v) is 5.83. The molecule has 0 aromatic carbocycles. The van der Waals surface area contributed by atoms with Crippen molar-refractivity contribution in [1.82, 2.24) is 10.2 Å². The SMILES string of the molecule is COCCN(C)CCN=C(N)NC(C)COC. The van der Waals surface area contributed by atoms with Gasteiger partial charge in [-0.05, 0) is 14.0 Å². The summed E-state index contributed by atoms with van der Waals surface area (Å²) in [6.07, 6.45) is 0. The lowest BCUT2D eigenvalue weighted by Gasteiger charge is -2.15. The van der Waals surface area contributed by atoms with E-state index in [9.17, 15) is 0 Å². The predicted molar refractivity (Wildman–Crippen MR) is 70.3 cm³/mol. The van der Waals surface area contributed by atoms with Crippen molar-refractivity contribution >= 4 is 5.96 Å². The fourth-order valence-corrected chi connectivity index (χ4v) is 1.29. The zero-order chi connectivity index (χ0) is 13.1. The van der Waals surface area contributed by atoms with Gasteiger partial charge >= 0.3 is 0 Å². The largest absolute Gasteiger partial charge is 0.383 e. The molecule has 0 aromatic rings. The molecular weight excluding hydrogens is 220 g/mol. The summed E-state index contributed by atoms with van der Waals surface area (Å²) >= 11 is 0. The molecule has 0 amide bonds. The van der Waals surface area contributed by atoms with Crippen molar-refractivity contribution in [2.45, 2.75) is 13.0 Å². The molecule has 0 radical (unpaired) electrons. The van der Waals surface area contributed by atoms with Crippen LogP contribution in [0.1, 0.15) is 6.92 Å². The molecule has 6 heteroatoms. The summed E-state index contributed by atoms with van der Waals surface area (Å²) in [7, 11) is 5.40. The number of rotatable bonds is 9. The standard InChI is InChI=1S/C11H26N4O2/c1-10(9-17-4)14-11(12)13-5-6-15(2)7-8-16-3/h10H,5-9H2,1-4H3,(H3,12,13,14). The summed E-state index contributed by atoms with van der Waals surface area (Å²) < 4.78 is 9.99. The second-order valence-corrected chi connectivity index (χ2v) is 4.06. The smallest absolute Gasteiger partial charge is 0.188 e. The maximum atomic E-state index is 5.73. The van der Waals surface area contributed by atoms with Crippen molar-refractivity contribution in [3.63, 3.8) is 0 Å². The number of ether oxygens (including phenoxy) is 2. The van der Waals surface area contributed by atoms with Crippen molar-refractivity contribution in [3.05, 3.63) is 0 Å². The topological polar surface area (TPSA) is 72.1 Å². The first-order chi connectivity index (χ1) is 8.10. The number of nitrogens with one attached hydrogen (secondary N) is 1. The summed E-state index contributed by atoms with van der Waals surface area (Å²) in [6.45, 7) is 5.79. The molecule has 0 fully saturated rings. The van der Waals surface area contributed by atoms with Gasteiger partial charge in [0.1, 0.15) is 0 Å². The highest BCUT2D eigenvalue weighted by Gasteiger charge is 2.01. The van der Waals surface area contributed by atoms with Crippen LogP contribution in [-0.4, -0.2) is 71.0 Å². The molecule has 0 bridgehead atoms. The molecule has 17 heavy (non-hydrogen) atoms. The van der Waals surface area contributed by atoms with E-state index in [-0.39, 0.29) is 6.04 Å². The Balaban J connectivity index is 3.68. The van der Waals surface area contributed by atoms with Gasteiger partial charge in [-0.2, -0.15) is 0 Å². The number of nitrogens with two attached hydrogens (primary N) is 1. The van der Waals surface area contributed by atoms with E-state index in [1.807, 2.05) is 14.0 Å². The Morgan fingerprint density at radius 3 is 2.65 bits per heavy atom. The predicted octanol–water partition coefficient (Wildman–Crippen LogP) is -0.496. The van der Waals surface area contributed by atoms with Gasteiger partial charge in [0.2, 0.25) is 0 Å². The van der Waals surface area contributed by atoms with Crippen molar-refractivity contribution in [2.75, 3.05) is 54.1 Å². The van der Waals surface area contributed by atoms with E-state index in [1.54, 1.807) is 14.2 Å². The van der Waals surface area contributed by atoms with Crippen molar-refractivity contribution in [3.8, 4) is 0 Å². The molecule has 0 saturated heterocycles. The van der Waals surface area contributed by atoms with Crippen LogP contribution < -0.4 is 11.1 Å². The fourth-order valence-electron chi connectivity index (χ4n) is 1.29. The Hall–Kier alpha value is -0.850. The average molecular weight is 246 g/mol. The summed E-state index contributed by atoms with van der Waals surface area (Å²) in [4.78, 5) is 6.39. The minimum Gasteiger partial charge on any atom is -0.383 e. The lowest BCUT2D eigenvalue weighted by molar-refractivity contribution is 0.163. The average Bonchev–Trinajstić information content (AvgIpc) is 2.26. The van der Waals surface area contributed by atoms with Gasteiger partial charge in [-0.15, -0.1) is 0 Å². The maximum absolute atomic E-state index is 5.73. The molecule has 1 unspecified atom stereocenters. The minimum atomic E-state index is 0.176. The third kappa shape index (κ3) is 10.0. The Morgan fingerprint density at radius 1 is 1.35 bits per heavy atom. The number of likely N-dealkylation sites (N-methyl/N-ethyl adjacent to an activating group) is 1. The van der Waals surface area contributed by atoms with Crippen LogP contribution in [0.2, 0.25) is 0 Å². The van der Waals surface area contributed by atoms with E-state index in [0.717, 1.165) is 19.7 Å². The van der Waals surface area contributed by atoms with Gasteiger partial charge < -0.3 is 25.4 Å². The van der Waals surface area contributed by atoms with Gasteiger partial charge in [-0.3, -0.25) is 4.99 Å². The van der Waals surface area contributed by atoms with Gasteiger partial charge in [0.25, 0.3) is 0 Å². The van der Waals surface area contributed by atoms with Crippen molar-refractivity contribution < 1.29 is 9.47 Å². The summed E-state index contributed by atoms with van der Waals surface area (Å²) in [6, 6.07) is 0.176. The van der Waals surface area contributed by atoms with E-state index >= 15 is 0 Å². The van der Waals surface area contributed by atoms with Gasteiger partial charge in [-0.25, -0.2) is 0 Å². The van der Waals surface area contributed by atoms with E-state index in [2.05, 4.69) is 15.2 Å². The molecular formula is C11H26N4O2. The monoisotopic (exact) mass is 246 g/mol. The van der Waals surface area contributed by atoms with Crippen molar-refractivity contribution in [2.24, 2.45) is 10.7 Å². The first-order valence-electron chi connectivity index (χ1n) is 5.83. The molecule has 102 valence electrons. The third-order valence-corrected chi connectivity index (χ3v) is 2.25. The van der Waals surface area contributed by atoms with Crippen LogP contribution >= 0.6 is 0 Å². The van der Waals surface area contributed by atoms with E-state index in [1.165, 1.54) is 0 Å². The molecule has 0 aromatic heterocycles. The molecule has 6 nitrogen and oxygen atoms in total. The molecule has 3 N–H and O–H groups in total. The number of hydrogen-bond donors (Lipinski definition) is 2. The Bertz CT molecular complexity index is 212. The van der Waals surface area contributed by atoms with Crippen LogP contribution in [0.5, 0.6) is 0 Å². The maximum Gasteiger partial charge on any atom is 0.188 e. The van der Waals surface area contributed by atoms with Crippen molar-refractivity contribution in [1.29, 1.82) is 0 Å². The van der Waals surface area contributed by atoms with Crippen LogP contribution in [-0.2, 0) is 9.47 Å². The van der Waals surface area contributed by atoms with E-state index in [4.69, 9.17) is 15.2 Å². The summed E-state index contributed by atoms with van der Waals surface area (Å²) in [5.74, 6) is 0.467. The van der Waals surface area contributed by atoms with E-state index in [0.29, 0.717) is 19.1 Å². The highest BCUT2D eigenvalue weighted by Crippen LogP contribution is 1.85. The molecule has 0 heterocycles. The summed E-state index contributed by atoms with van der Waals surface area (Å²) in [5, 5.41) is 3.06. The van der Waals surface area contributed by atoms with Crippen LogP contribution in [0.25, 0.3) is 0 Å². The second kappa shape index (κ2) is 10.3.